The largest absolute Gasteiger partial charge is 0.493 e. The fourth-order valence-corrected chi connectivity index (χ4v) is 3.50. The number of hydrogen-bond donors (Lipinski definition) is 2. The molecule has 1 fully saturated rings. The number of nitrogens with one attached hydrogen (secondary N) is 2. The summed E-state index contributed by atoms with van der Waals surface area (Å²) in [4.78, 5) is 11.8. The lowest BCUT2D eigenvalue weighted by atomic mass is 10.1. The zero-order valence-corrected chi connectivity index (χ0v) is 15.2. The summed E-state index contributed by atoms with van der Waals surface area (Å²) in [6.07, 6.45) is 1.01. The van der Waals surface area contributed by atoms with Crippen LogP contribution < -0.4 is 19.5 Å². The summed E-state index contributed by atoms with van der Waals surface area (Å²) < 4.78 is 42.4. The van der Waals surface area contributed by atoms with Gasteiger partial charge in [-0.25, -0.2) is 13.1 Å². The van der Waals surface area contributed by atoms with Crippen LogP contribution in [-0.2, 0) is 19.6 Å². The molecular formula is C16H24N2O6S. The van der Waals surface area contributed by atoms with Gasteiger partial charge in [0.25, 0.3) is 0 Å². The van der Waals surface area contributed by atoms with Crippen molar-refractivity contribution >= 4 is 15.9 Å². The van der Waals surface area contributed by atoms with Crippen LogP contribution >= 0.6 is 0 Å². The Bertz CT molecular complexity index is 686. The molecule has 0 aromatic heterocycles. The van der Waals surface area contributed by atoms with Crippen molar-refractivity contribution in [2.24, 2.45) is 5.92 Å². The zero-order chi connectivity index (χ0) is 18.3. The number of rotatable bonds is 9. The van der Waals surface area contributed by atoms with Crippen LogP contribution in [-0.4, -0.2) is 54.8 Å². The van der Waals surface area contributed by atoms with Crippen LogP contribution in [0.2, 0.25) is 0 Å². The Morgan fingerprint density at radius 3 is 2.68 bits per heavy atom. The second kappa shape index (κ2) is 9.02. The highest BCUT2D eigenvalue weighted by molar-refractivity contribution is 7.89. The first kappa shape index (κ1) is 19.5. The van der Waals surface area contributed by atoms with E-state index >= 15 is 0 Å². The van der Waals surface area contributed by atoms with Gasteiger partial charge in [0.15, 0.2) is 11.5 Å². The van der Waals surface area contributed by atoms with Crippen LogP contribution in [0.1, 0.15) is 12.8 Å². The van der Waals surface area contributed by atoms with Gasteiger partial charge in [0.1, 0.15) is 0 Å². The van der Waals surface area contributed by atoms with E-state index in [0.717, 1.165) is 13.0 Å². The van der Waals surface area contributed by atoms with Crippen molar-refractivity contribution < 1.29 is 27.4 Å². The van der Waals surface area contributed by atoms with Crippen LogP contribution in [0.3, 0.4) is 0 Å². The van der Waals surface area contributed by atoms with Crippen LogP contribution in [0, 0.1) is 5.92 Å². The maximum atomic E-state index is 12.3. The van der Waals surface area contributed by atoms with E-state index in [-0.39, 0.29) is 23.8 Å². The molecule has 0 saturated carbocycles. The highest BCUT2D eigenvalue weighted by atomic mass is 32.2. The maximum absolute atomic E-state index is 12.3. The molecule has 1 aromatic carbocycles. The number of methoxy groups -OCH3 is 2. The van der Waals surface area contributed by atoms with Gasteiger partial charge in [-0.05, 0) is 18.6 Å². The number of ether oxygens (including phenoxy) is 3. The molecule has 0 radical (unpaired) electrons. The SMILES string of the molecule is COc1ccc(S(=O)(=O)NCCC(=O)NCC2CCOC2)cc1OC. The predicted octanol–water partition coefficient (Wildman–Crippen LogP) is 0.525. The number of hydrogen-bond acceptors (Lipinski definition) is 6. The van der Waals surface area contributed by atoms with Gasteiger partial charge in [0.05, 0.1) is 25.7 Å². The molecule has 0 aliphatic carbocycles. The lowest BCUT2D eigenvalue weighted by molar-refractivity contribution is -0.121. The zero-order valence-electron chi connectivity index (χ0n) is 14.4. The third kappa shape index (κ3) is 5.58. The molecule has 1 unspecified atom stereocenters. The Hall–Kier alpha value is -1.84. The van der Waals surface area contributed by atoms with Crippen molar-refractivity contribution in [3.63, 3.8) is 0 Å². The summed E-state index contributed by atoms with van der Waals surface area (Å²) >= 11 is 0. The number of carbonyl (C=O) groups is 1. The predicted molar refractivity (Wildman–Crippen MR) is 91.3 cm³/mol. The summed E-state index contributed by atoms with van der Waals surface area (Å²) in [5.41, 5.74) is 0. The van der Waals surface area contributed by atoms with E-state index in [1.807, 2.05) is 0 Å². The minimum Gasteiger partial charge on any atom is -0.493 e. The molecule has 8 nitrogen and oxygen atoms in total. The van der Waals surface area contributed by atoms with Gasteiger partial charge in [-0.1, -0.05) is 0 Å². The van der Waals surface area contributed by atoms with E-state index in [2.05, 4.69) is 10.0 Å². The minimum absolute atomic E-state index is 0.0175. The molecule has 1 saturated heterocycles. The summed E-state index contributed by atoms with van der Waals surface area (Å²) in [6, 6.07) is 4.31. The van der Waals surface area contributed by atoms with E-state index in [1.165, 1.54) is 32.4 Å². The van der Waals surface area contributed by atoms with E-state index in [9.17, 15) is 13.2 Å². The number of sulfonamides is 1. The van der Waals surface area contributed by atoms with Crippen LogP contribution in [0.15, 0.2) is 23.1 Å². The van der Waals surface area contributed by atoms with Crippen LogP contribution in [0.4, 0.5) is 0 Å². The summed E-state index contributed by atoms with van der Waals surface area (Å²) in [6.45, 7) is 1.96. The Balaban J connectivity index is 1.83. The molecule has 1 amide bonds. The Morgan fingerprint density at radius 1 is 1.28 bits per heavy atom. The standard InChI is InChI=1S/C16H24N2O6S/c1-22-14-4-3-13(9-15(14)23-2)25(20,21)18-7-5-16(19)17-10-12-6-8-24-11-12/h3-4,9,12,18H,5-8,10-11H2,1-2H3,(H,17,19). The third-order valence-electron chi connectivity index (χ3n) is 3.92. The first-order valence-electron chi connectivity index (χ1n) is 8.02. The van der Waals surface area contributed by atoms with Crippen molar-refractivity contribution in [2.45, 2.75) is 17.7 Å². The number of carbonyl (C=O) groups excluding carboxylic acids is 1. The van der Waals surface area contributed by atoms with Crippen molar-refractivity contribution in [1.29, 1.82) is 0 Å². The summed E-state index contributed by atoms with van der Waals surface area (Å²) in [5, 5.41) is 2.79. The first-order valence-corrected chi connectivity index (χ1v) is 9.50. The lowest BCUT2D eigenvalue weighted by Gasteiger charge is -2.12. The third-order valence-corrected chi connectivity index (χ3v) is 5.38. The quantitative estimate of drug-likeness (QED) is 0.655. The first-order chi connectivity index (χ1) is 12.0. The maximum Gasteiger partial charge on any atom is 0.240 e. The van der Waals surface area contributed by atoms with E-state index in [1.54, 1.807) is 0 Å². The molecule has 1 aliphatic rings. The van der Waals surface area contributed by atoms with Gasteiger partial charge in [-0.3, -0.25) is 4.79 Å². The average molecular weight is 372 g/mol. The van der Waals surface area contributed by atoms with Crippen LogP contribution in [0.5, 0.6) is 11.5 Å². The topological polar surface area (TPSA) is 103 Å². The molecule has 9 heteroatoms. The van der Waals surface area contributed by atoms with E-state index in [0.29, 0.717) is 30.6 Å². The Morgan fingerprint density at radius 2 is 2.04 bits per heavy atom. The van der Waals surface area contributed by atoms with Gasteiger partial charge < -0.3 is 19.5 Å². The molecule has 0 spiro atoms. The molecule has 1 atom stereocenters. The second-order valence-electron chi connectivity index (χ2n) is 5.70. The van der Waals surface area contributed by atoms with Gasteiger partial charge >= 0.3 is 0 Å². The molecule has 1 heterocycles. The molecular weight excluding hydrogens is 348 g/mol. The van der Waals surface area contributed by atoms with Crippen molar-refractivity contribution in [1.82, 2.24) is 10.0 Å². The average Bonchev–Trinajstić information content (AvgIpc) is 3.12. The fraction of sp³-hybridized carbons (Fsp3) is 0.562. The minimum atomic E-state index is -3.73. The highest BCUT2D eigenvalue weighted by Gasteiger charge is 2.18. The van der Waals surface area contributed by atoms with Crippen LogP contribution in [0.25, 0.3) is 0 Å². The number of benzene rings is 1. The van der Waals surface area contributed by atoms with Crippen molar-refractivity contribution in [3.05, 3.63) is 18.2 Å². The molecule has 1 aromatic rings. The number of amides is 1. The van der Waals surface area contributed by atoms with Gasteiger partial charge in [-0.15, -0.1) is 0 Å². The normalized spacial score (nSPS) is 17.3. The second-order valence-corrected chi connectivity index (χ2v) is 7.47. The molecule has 2 rings (SSSR count). The summed E-state index contributed by atoms with van der Waals surface area (Å²) in [5.74, 6) is 0.910. The molecule has 2 N–H and O–H groups in total. The van der Waals surface area contributed by atoms with Gasteiger partial charge in [0, 0.05) is 38.1 Å². The van der Waals surface area contributed by atoms with Gasteiger partial charge in [0.2, 0.25) is 15.9 Å². The molecule has 140 valence electrons. The Labute approximate surface area is 147 Å². The fourth-order valence-electron chi connectivity index (χ4n) is 2.46. The van der Waals surface area contributed by atoms with Gasteiger partial charge in [-0.2, -0.15) is 0 Å². The van der Waals surface area contributed by atoms with Crippen molar-refractivity contribution in [3.8, 4) is 11.5 Å². The van der Waals surface area contributed by atoms with E-state index in [4.69, 9.17) is 14.2 Å². The Kier molecular flexibility index (Phi) is 7.03. The monoisotopic (exact) mass is 372 g/mol. The summed E-state index contributed by atoms with van der Waals surface area (Å²) in [7, 11) is -0.825. The molecule has 0 bridgehead atoms. The molecule has 1 aliphatic heterocycles. The molecule has 25 heavy (non-hydrogen) atoms. The highest BCUT2D eigenvalue weighted by Crippen LogP contribution is 2.29. The smallest absolute Gasteiger partial charge is 0.240 e. The lowest BCUT2D eigenvalue weighted by Crippen LogP contribution is -2.33. The van der Waals surface area contributed by atoms with Crippen molar-refractivity contribution in [2.75, 3.05) is 40.5 Å². The van der Waals surface area contributed by atoms with E-state index < -0.39 is 10.0 Å².